The topological polar surface area (TPSA) is 40.5 Å². The van der Waals surface area contributed by atoms with E-state index in [1.807, 2.05) is 0 Å². The minimum atomic E-state index is 0.331. The molecule has 0 aromatic carbocycles. The Morgan fingerprint density at radius 1 is 0.682 bits per heavy atom. The van der Waals surface area contributed by atoms with Gasteiger partial charge in [0.1, 0.15) is 0 Å². The van der Waals surface area contributed by atoms with E-state index in [-0.39, 0.29) is 0 Å². The first-order valence-electron chi connectivity index (χ1n) is 9.73. The largest absolute Gasteiger partial charge is 0.396 e. The molecule has 0 spiro atoms. The molecule has 0 aliphatic heterocycles. The average Bonchev–Trinajstić information content (AvgIpc) is 2.44. The summed E-state index contributed by atoms with van der Waals surface area (Å²) in [6.45, 7) is 7.71. The molecule has 0 aromatic rings. The summed E-state index contributed by atoms with van der Waals surface area (Å²) in [4.78, 5) is 0. The van der Waals surface area contributed by atoms with Crippen LogP contribution in [0, 0.1) is 11.3 Å². The molecular weight excluding hydrogens is 272 g/mol. The lowest BCUT2D eigenvalue weighted by Gasteiger charge is -2.28. The highest BCUT2D eigenvalue weighted by atomic mass is 16.3. The van der Waals surface area contributed by atoms with Crippen LogP contribution in [0.15, 0.2) is 0 Å². The fourth-order valence-electron chi connectivity index (χ4n) is 3.50. The third-order valence-corrected chi connectivity index (χ3v) is 4.78. The van der Waals surface area contributed by atoms with Gasteiger partial charge in [-0.25, -0.2) is 0 Å². The van der Waals surface area contributed by atoms with Gasteiger partial charge >= 0.3 is 0 Å². The van der Waals surface area contributed by atoms with E-state index >= 15 is 0 Å². The summed E-state index contributed by atoms with van der Waals surface area (Å²) < 4.78 is 0. The van der Waals surface area contributed by atoms with E-state index in [0.29, 0.717) is 24.5 Å². The van der Waals surface area contributed by atoms with Crippen LogP contribution in [0.25, 0.3) is 0 Å². The standard InChI is InChI=1S/C20H42O2/c1-19(14-17-22)18-20(2,3)15-12-10-8-6-4-5-7-9-11-13-16-21/h19,21-22H,4-18H2,1-3H3. The Hall–Kier alpha value is -0.0800. The summed E-state index contributed by atoms with van der Waals surface area (Å²) in [5.74, 6) is 0.644. The maximum atomic E-state index is 9.00. The van der Waals surface area contributed by atoms with Gasteiger partial charge < -0.3 is 10.2 Å². The Morgan fingerprint density at radius 3 is 1.59 bits per heavy atom. The molecule has 0 aromatic heterocycles. The van der Waals surface area contributed by atoms with Gasteiger partial charge in [0.05, 0.1) is 0 Å². The van der Waals surface area contributed by atoms with Crippen molar-refractivity contribution in [2.75, 3.05) is 13.2 Å². The molecule has 22 heavy (non-hydrogen) atoms. The van der Waals surface area contributed by atoms with Crippen molar-refractivity contribution in [3.05, 3.63) is 0 Å². The van der Waals surface area contributed by atoms with Crippen molar-refractivity contribution in [1.82, 2.24) is 0 Å². The van der Waals surface area contributed by atoms with E-state index in [2.05, 4.69) is 20.8 Å². The highest BCUT2D eigenvalue weighted by Crippen LogP contribution is 2.32. The van der Waals surface area contributed by atoms with Crippen LogP contribution in [-0.4, -0.2) is 23.4 Å². The Kier molecular flexibility index (Phi) is 14.5. The summed E-state index contributed by atoms with van der Waals surface area (Å²) in [6.07, 6.45) is 16.6. The summed E-state index contributed by atoms with van der Waals surface area (Å²) in [7, 11) is 0. The predicted molar refractivity (Wildman–Crippen MR) is 97.1 cm³/mol. The van der Waals surface area contributed by atoms with Gasteiger partial charge in [-0.1, -0.05) is 78.6 Å². The molecule has 134 valence electrons. The van der Waals surface area contributed by atoms with Crippen LogP contribution in [0.5, 0.6) is 0 Å². The van der Waals surface area contributed by atoms with Crippen LogP contribution in [0.2, 0.25) is 0 Å². The molecule has 2 N–H and O–H groups in total. The fraction of sp³-hybridized carbons (Fsp3) is 1.00. The lowest BCUT2D eigenvalue weighted by atomic mass is 9.78. The normalized spacial score (nSPS) is 13.5. The molecule has 2 heteroatoms. The highest BCUT2D eigenvalue weighted by molar-refractivity contribution is 4.72. The van der Waals surface area contributed by atoms with E-state index in [1.54, 1.807) is 0 Å². The van der Waals surface area contributed by atoms with Gasteiger partial charge in [0.15, 0.2) is 0 Å². The molecule has 0 radical (unpaired) electrons. The summed E-state index contributed by atoms with van der Waals surface area (Å²) in [5, 5.41) is 17.7. The molecule has 0 aliphatic rings. The summed E-state index contributed by atoms with van der Waals surface area (Å²) >= 11 is 0. The van der Waals surface area contributed by atoms with E-state index in [4.69, 9.17) is 10.2 Å². The molecule has 0 aliphatic carbocycles. The maximum Gasteiger partial charge on any atom is 0.0433 e. The molecule has 0 heterocycles. The number of hydrogen-bond donors (Lipinski definition) is 2. The van der Waals surface area contributed by atoms with Gasteiger partial charge in [-0.05, 0) is 37.0 Å². The monoisotopic (exact) mass is 314 g/mol. The Labute approximate surface area is 139 Å². The summed E-state index contributed by atoms with van der Waals surface area (Å²) in [6, 6.07) is 0. The second-order valence-corrected chi connectivity index (χ2v) is 7.99. The van der Waals surface area contributed by atoms with E-state index < -0.39 is 0 Å². The van der Waals surface area contributed by atoms with Crippen LogP contribution in [0.3, 0.4) is 0 Å². The molecule has 1 unspecified atom stereocenters. The Morgan fingerprint density at radius 2 is 1.14 bits per heavy atom. The van der Waals surface area contributed by atoms with Crippen LogP contribution in [0.4, 0.5) is 0 Å². The molecule has 0 fully saturated rings. The van der Waals surface area contributed by atoms with Gasteiger partial charge in [0.25, 0.3) is 0 Å². The van der Waals surface area contributed by atoms with Crippen LogP contribution in [0.1, 0.15) is 104 Å². The molecular formula is C20H42O2. The number of aliphatic hydroxyl groups excluding tert-OH is 2. The molecule has 0 saturated heterocycles. The fourth-order valence-corrected chi connectivity index (χ4v) is 3.50. The number of rotatable bonds is 16. The van der Waals surface area contributed by atoms with Crippen molar-refractivity contribution >= 4 is 0 Å². The number of aliphatic hydroxyl groups is 2. The number of hydrogen-bond acceptors (Lipinski definition) is 2. The van der Waals surface area contributed by atoms with Crippen molar-refractivity contribution in [3.8, 4) is 0 Å². The van der Waals surface area contributed by atoms with Gasteiger partial charge in [0.2, 0.25) is 0 Å². The smallest absolute Gasteiger partial charge is 0.0433 e. The summed E-state index contributed by atoms with van der Waals surface area (Å²) in [5.41, 5.74) is 0.432. The second-order valence-electron chi connectivity index (χ2n) is 7.99. The minimum Gasteiger partial charge on any atom is -0.396 e. The quantitative estimate of drug-likeness (QED) is 0.358. The molecule has 0 amide bonds. The highest BCUT2D eigenvalue weighted by Gasteiger charge is 2.20. The second kappa shape index (κ2) is 14.5. The lowest BCUT2D eigenvalue weighted by Crippen LogP contribution is -2.16. The lowest BCUT2D eigenvalue weighted by molar-refractivity contribution is 0.204. The molecule has 0 bridgehead atoms. The van der Waals surface area contributed by atoms with Gasteiger partial charge in [0, 0.05) is 13.2 Å². The SMILES string of the molecule is CC(CCO)CC(C)(C)CCCCCCCCCCCCO. The van der Waals surface area contributed by atoms with Gasteiger partial charge in [-0.2, -0.15) is 0 Å². The number of unbranched alkanes of at least 4 members (excludes halogenated alkanes) is 9. The van der Waals surface area contributed by atoms with Crippen molar-refractivity contribution in [2.45, 2.75) is 104 Å². The predicted octanol–water partition coefficient (Wildman–Crippen LogP) is 5.70. The molecule has 0 rings (SSSR count). The van der Waals surface area contributed by atoms with Crippen LogP contribution >= 0.6 is 0 Å². The van der Waals surface area contributed by atoms with Crippen molar-refractivity contribution < 1.29 is 10.2 Å². The zero-order valence-electron chi connectivity index (χ0n) is 15.6. The Bertz CT molecular complexity index is 226. The van der Waals surface area contributed by atoms with Crippen molar-refractivity contribution in [1.29, 1.82) is 0 Å². The third-order valence-electron chi connectivity index (χ3n) is 4.78. The van der Waals surface area contributed by atoms with Gasteiger partial charge in [-0.3, -0.25) is 0 Å². The molecule has 1 atom stereocenters. The Balaban J connectivity index is 3.37. The molecule has 2 nitrogen and oxygen atoms in total. The van der Waals surface area contributed by atoms with E-state index in [9.17, 15) is 0 Å². The van der Waals surface area contributed by atoms with E-state index in [0.717, 1.165) is 12.8 Å². The zero-order valence-corrected chi connectivity index (χ0v) is 15.6. The first-order chi connectivity index (χ1) is 10.5. The van der Waals surface area contributed by atoms with Crippen molar-refractivity contribution in [2.24, 2.45) is 11.3 Å². The van der Waals surface area contributed by atoms with E-state index in [1.165, 1.54) is 70.6 Å². The minimum absolute atomic E-state index is 0.331. The first kappa shape index (κ1) is 21.9. The maximum absolute atomic E-state index is 9.00. The first-order valence-corrected chi connectivity index (χ1v) is 9.73. The van der Waals surface area contributed by atoms with Gasteiger partial charge in [-0.15, -0.1) is 0 Å². The third kappa shape index (κ3) is 14.8. The average molecular weight is 315 g/mol. The molecule has 0 saturated carbocycles. The van der Waals surface area contributed by atoms with Crippen LogP contribution < -0.4 is 0 Å². The zero-order chi connectivity index (χ0) is 16.7. The van der Waals surface area contributed by atoms with Crippen LogP contribution in [-0.2, 0) is 0 Å². The van der Waals surface area contributed by atoms with Crippen molar-refractivity contribution in [3.63, 3.8) is 0 Å².